The summed E-state index contributed by atoms with van der Waals surface area (Å²) >= 11 is 0. The first-order chi connectivity index (χ1) is 13.7. The highest BCUT2D eigenvalue weighted by molar-refractivity contribution is 6.00. The zero-order valence-electron chi connectivity index (χ0n) is 15.2. The van der Waals surface area contributed by atoms with Gasteiger partial charge >= 0.3 is 0 Å². The lowest BCUT2D eigenvalue weighted by molar-refractivity contribution is 0.0454. The number of hydrogen-bond donors (Lipinski definition) is 2. The molecule has 1 fully saturated rings. The van der Waals surface area contributed by atoms with Crippen molar-refractivity contribution in [1.29, 1.82) is 0 Å². The van der Waals surface area contributed by atoms with Gasteiger partial charge in [0.05, 0.1) is 23.0 Å². The summed E-state index contributed by atoms with van der Waals surface area (Å²) in [6, 6.07) is 19.6. The Kier molecular flexibility index (Phi) is 3.98. The van der Waals surface area contributed by atoms with Crippen LogP contribution in [0.5, 0.6) is 11.5 Å². The average molecular weight is 372 g/mol. The molecule has 0 radical (unpaired) electrons. The van der Waals surface area contributed by atoms with Crippen LogP contribution in [0, 0.1) is 0 Å². The second-order valence-electron chi connectivity index (χ2n) is 7.10. The Morgan fingerprint density at radius 2 is 1.68 bits per heavy atom. The molecule has 0 aliphatic heterocycles. The minimum atomic E-state index is -0.249. The standard InChI is InChI=1S/C22H20N4O2/c23-22-20-19(10-11-24-22)26(15-12-16(27)13-15)25-21(20)14-6-8-18(9-7-14)28-17-4-2-1-3-5-17/h1-11,15-16,27H,12-13H2,(H2,23,24). The van der Waals surface area contributed by atoms with Crippen LogP contribution in [-0.2, 0) is 0 Å². The van der Waals surface area contributed by atoms with E-state index in [1.807, 2.05) is 65.3 Å². The molecule has 3 N–H and O–H groups in total. The summed E-state index contributed by atoms with van der Waals surface area (Å²) in [6.07, 6.45) is 2.87. The van der Waals surface area contributed by atoms with Gasteiger partial charge in [0, 0.05) is 11.8 Å². The molecule has 0 spiro atoms. The average Bonchev–Trinajstić information content (AvgIpc) is 3.07. The molecular formula is C22H20N4O2. The first kappa shape index (κ1) is 16.8. The molecule has 1 aliphatic carbocycles. The number of nitrogen functional groups attached to an aromatic ring is 1. The van der Waals surface area contributed by atoms with Gasteiger partial charge in [0.2, 0.25) is 0 Å². The molecule has 6 nitrogen and oxygen atoms in total. The van der Waals surface area contributed by atoms with Crippen molar-refractivity contribution < 1.29 is 9.84 Å². The fourth-order valence-corrected chi connectivity index (χ4v) is 3.66. The second kappa shape index (κ2) is 6.65. The number of fused-ring (bicyclic) bond motifs is 1. The molecule has 0 atom stereocenters. The molecule has 28 heavy (non-hydrogen) atoms. The van der Waals surface area contributed by atoms with E-state index in [2.05, 4.69) is 4.98 Å². The molecule has 0 amide bonds. The van der Waals surface area contributed by atoms with E-state index in [0.717, 1.165) is 33.7 Å². The maximum atomic E-state index is 9.69. The van der Waals surface area contributed by atoms with E-state index in [-0.39, 0.29) is 12.1 Å². The number of pyridine rings is 1. The van der Waals surface area contributed by atoms with Gasteiger partial charge in [0.1, 0.15) is 23.0 Å². The van der Waals surface area contributed by atoms with Crippen LogP contribution in [0.2, 0.25) is 0 Å². The lowest BCUT2D eigenvalue weighted by atomic mass is 9.89. The Morgan fingerprint density at radius 1 is 0.964 bits per heavy atom. The van der Waals surface area contributed by atoms with Crippen LogP contribution in [0.4, 0.5) is 5.82 Å². The van der Waals surface area contributed by atoms with Crippen molar-refractivity contribution in [3.8, 4) is 22.8 Å². The van der Waals surface area contributed by atoms with Crippen molar-refractivity contribution >= 4 is 16.7 Å². The molecule has 5 rings (SSSR count). The Balaban J connectivity index is 1.52. The number of aromatic nitrogens is 3. The third kappa shape index (κ3) is 2.88. The van der Waals surface area contributed by atoms with E-state index in [1.165, 1.54) is 0 Å². The van der Waals surface area contributed by atoms with Crippen molar-refractivity contribution in [2.45, 2.75) is 25.0 Å². The van der Waals surface area contributed by atoms with Crippen LogP contribution in [0.25, 0.3) is 22.2 Å². The van der Waals surface area contributed by atoms with E-state index >= 15 is 0 Å². The van der Waals surface area contributed by atoms with Crippen molar-refractivity contribution in [3.63, 3.8) is 0 Å². The first-order valence-corrected chi connectivity index (χ1v) is 9.33. The molecule has 2 heterocycles. The van der Waals surface area contributed by atoms with Crippen molar-refractivity contribution in [2.24, 2.45) is 0 Å². The van der Waals surface area contributed by atoms with Crippen LogP contribution in [-0.4, -0.2) is 26.0 Å². The van der Waals surface area contributed by atoms with Crippen LogP contribution >= 0.6 is 0 Å². The monoisotopic (exact) mass is 372 g/mol. The van der Waals surface area contributed by atoms with Gasteiger partial charge in [0.25, 0.3) is 0 Å². The zero-order valence-corrected chi connectivity index (χ0v) is 15.2. The first-order valence-electron chi connectivity index (χ1n) is 9.33. The zero-order chi connectivity index (χ0) is 19.1. The highest BCUT2D eigenvalue weighted by Crippen LogP contribution is 2.39. The van der Waals surface area contributed by atoms with E-state index in [0.29, 0.717) is 18.7 Å². The Hall–Kier alpha value is -3.38. The predicted octanol–water partition coefficient (Wildman–Crippen LogP) is 4.17. The summed E-state index contributed by atoms with van der Waals surface area (Å²) in [6.45, 7) is 0. The molecule has 0 unspecified atom stereocenters. The molecule has 1 saturated carbocycles. The maximum Gasteiger partial charge on any atom is 0.135 e. The molecule has 0 saturated heterocycles. The van der Waals surface area contributed by atoms with Gasteiger partial charge in [-0.25, -0.2) is 4.98 Å². The van der Waals surface area contributed by atoms with E-state index in [9.17, 15) is 5.11 Å². The molecule has 2 aromatic heterocycles. The van der Waals surface area contributed by atoms with Crippen LogP contribution in [0.15, 0.2) is 66.9 Å². The SMILES string of the molecule is Nc1nccc2c1c(-c1ccc(Oc3ccccc3)cc1)nn2C1CC(O)C1. The van der Waals surface area contributed by atoms with Crippen LogP contribution in [0.3, 0.4) is 0 Å². The van der Waals surface area contributed by atoms with Crippen molar-refractivity contribution in [1.82, 2.24) is 14.8 Å². The Bertz CT molecular complexity index is 1120. The van der Waals surface area contributed by atoms with Crippen LogP contribution < -0.4 is 10.5 Å². The number of benzene rings is 2. The van der Waals surface area contributed by atoms with Gasteiger partial charge in [-0.05, 0) is 55.3 Å². The molecule has 6 heteroatoms. The highest BCUT2D eigenvalue weighted by atomic mass is 16.5. The maximum absolute atomic E-state index is 9.69. The highest BCUT2D eigenvalue weighted by Gasteiger charge is 2.31. The lowest BCUT2D eigenvalue weighted by Gasteiger charge is -2.31. The largest absolute Gasteiger partial charge is 0.457 e. The molecular weight excluding hydrogens is 352 g/mol. The van der Waals surface area contributed by atoms with Gasteiger partial charge in [-0.15, -0.1) is 0 Å². The molecule has 4 aromatic rings. The summed E-state index contributed by atoms with van der Waals surface area (Å²) in [5, 5.41) is 15.4. The molecule has 2 aromatic carbocycles. The molecule has 140 valence electrons. The number of hydrogen-bond acceptors (Lipinski definition) is 5. The smallest absolute Gasteiger partial charge is 0.135 e. The number of para-hydroxylation sites is 1. The third-order valence-corrected chi connectivity index (χ3v) is 5.19. The normalized spacial score (nSPS) is 18.8. The molecule has 1 aliphatic rings. The summed E-state index contributed by atoms with van der Waals surface area (Å²) in [4.78, 5) is 4.25. The van der Waals surface area contributed by atoms with Gasteiger partial charge < -0.3 is 15.6 Å². The van der Waals surface area contributed by atoms with E-state index < -0.39 is 0 Å². The van der Waals surface area contributed by atoms with E-state index in [4.69, 9.17) is 15.6 Å². The van der Waals surface area contributed by atoms with Crippen LogP contribution in [0.1, 0.15) is 18.9 Å². The summed E-state index contributed by atoms with van der Waals surface area (Å²) < 4.78 is 7.85. The minimum absolute atomic E-state index is 0.189. The summed E-state index contributed by atoms with van der Waals surface area (Å²) in [7, 11) is 0. The van der Waals surface area contributed by atoms with Gasteiger partial charge in [-0.2, -0.15) is 5.10 Å². The fraction of sp³-hybridized carbons (Fsp3) is 0.182. The number of rotatable bonds is 4. The quantitative estimate of drug-likeness (QED) is 0.561. The summed E-state index contributed by atoms with van der Waals surface area (Å²) in [5.74, 6) is 2.01. The van der Waals surface area contributed by atoms with Gasteiger partial charge in [0.15, 0.2) is 0 Å². The number of nitrogens with two attached hydrogens (primary N) is 1. The van der Waals surface area contributed by atoms with Crippen molar-refractivity contribution in [3.05, 3.63) is 66.9 Å². The minimum Gasteiger partial charge on any atom is -0.457 e. The number of ether oxygens (including phenoxy) is 1. The van der Waals surface area contributed by atoms with E-state index in [1.54, 1.807) is 6.20 Å². The number of nitrogens with zero attached hydrogens (tertiary/aromatic N) is 3. The Labute approximate surface area is 162 Å². The molecule has 0 bridgehead atoms. The van der Waals surface area contributed by atoms with Gasteiger partial charge in [-0.1, -0.05) is 18.2 Å². The lowest BCUT2D eigenvalue weighted by Crippen LogP contribution is -2.31. The summed E-state index contributed by atoms with van der Waals surface area (Å²) in [5.41, 5.74) is 8.88. The third-order valence-electron chi connectivity index (χ3n) is 5.19. The Morgan fingerprint density at radius 3 is 2.39 bits per heavy atom. The van der Waals surface area contributed by atoms with Gasteiger partial charge in [-0.3, -0.25) is 4.68 Å². The second-order valence-corrected chi connectivity index (χ2v) is 7.10. The fourth-order valence-electron chi connectivity index (χ4n) is 3.66. The predicted molar refractivity (Wildman–Crippen MR) is 108 cm³/mol. The number of aliphatic hydroxyl groups excluding tert-OH is 1. The topological polar surface area (TPSA) is 86.2 Å². The number of aliphatic hydroxyl groups is 1. The van der Waals surface area contributed by atoms with Crippen molar-refractivity contribution in [2.75, 3.05) is 5.73 Å². The number of anilines is 1.